The SMILES string of the molecule is C=CC(CO)(OC)OC. The zero-order valence-electron chi connectivity index (χ0n) is 5.76. The third-order valence-electron chi connectivity index (χ3n) is 1.22. The van der Waals surface area contributed by atoms with Crippen LogP contribution in [0, 0.1) is 0 Å². The van der Waals surface area contributed by atoms with Gasteiger partial charge >= 0.3 is 0 Å². The number of aliphatic hydroxyl groups excluding tert-OH is 1. The zero-order chi connectivity index (χ0) is 7.33. The fourth-order valence-corrected chi connectivity index (χ4v) is 0.444. The Bertz CT molecular complexity index is 78.0. The van der Waals surface area contributed by atoms with Crippen molar-refractivity contribution >= 4 is 0 Å². The van der Waals surface area contributed by atoms with Crippen LogP contribution in [-0.4, -0.2) is 31.7 Å². The fraction of sp³-hybridized carbons (Fsp3) is 0.667. The van der Waals surface area contributed by atoms with E-state index in [1.54, 1.807) is 0 Å². The Morgan fingerprint density at radius 3 is 2.00 bits per heavy atom. The van der Waals surface area contributed by atoms with E-state index in [0.29, 0.717) is 0 Å². The van der Waals surface area contributed by atoms with Crippen molar-refractivity contribution in [1.29, 1.82) is 0 Å². The van der Waals surface area contributed by atoms with Gasteiger partial charge in [0, 0.05) is 14.2 Å². The van der Waals surface area contributed by atoms with Crippen molar-refractivity contribution in [2.45, 2.75) is 5.79 Å². The Labute approximate surface area is 54.9 Å². The van der Waals surface area contributed by atoms with Crippen LogP contribution in [-0.2, 0) is 9.47 Å². The van der Waals surface area contributed by atoms with E-state index in [0.717, 1.165) is 0 Å². The van der Waals surface area contributed by atoms with E-state index in [-0.39, 0.29) is 6.61 Å². The molecule has 0 aliphatic carbocycles. The highest BCUT2D eigenvalue weighted by Gasteiger charge is 2.23. The van der Waals surface area contributed by atoms with Gasteiger partial charge in [-0.15, -0.1) is 0 Å². The van der Waals surface area contributed by atoms with Crippen LogP contribution in [0.3, 0.4) is 0 Å². The van der Waals surface area contributed by atoms with Gasteiger partial charge in [-0.25, -0.2) is 0 Å². The van der Waals surface area contributed by atoms with Crippen LogP contribution in [0.2, 0.25) is 0 Å². The van der Waals surface area contributed by atoms with Gasteiger partial charge in [0.15, 0.2) is 0 Å². The summed E-state index contributed by atoms with van der Waals surface area (Å²) >= 11 is 0. The Hall–Kier alpha value is -0.380. The summed E-state index contributed by atoms with van der Waals surface area (Å²) < 4.78 is 9.59. The van der Waals surface area contributed by atoms with Crippen molar-refractivity contribution in [2.24, 2.45) is 0 Å². The first-order chi connectivity index (χ1) is 4.24. The average molecular weight is 132 g/mol. The molecule has 0 unspecified atom stereocenters. The standard InChI is InChI=1S/C6H12O3/c1-4-6(5-7,8-2)9-3/h4,7H,1,5H2,2-3H3. The van der Waals surface area contributed by atoms with E-state index in [1.165, 1.54) is 20.3 Å². The Balaban J connectivity index is 3.98. The molecule has 0 heterocycles. The van der Waals surface area contributed by atoms with E-state index in [2.05, 4.69) is 6.58 Å². The smallest absolute Gasteiger partial charge is 0.210 e. The molecule has 0 atom stereocenters. The van der Waals surface area contributed by atoms with Crippen LogP contribution in [0.1, 0.15) is 0 Å². The lowest BCUT2D eigenvalue weighted by Gasteiger charge is -2.23. The first-order valence-electron chi connectivity index (χ1n) is 2.59. The lowest BCUT2D eigenvalue weighted by atomic mass is 10.3. The minimum atomic E-state index is -1.01. The van der Waals surface area contributed by atoms with Crippen LogP contribution in [0.4, 0.5) is 0 Å². The normalized spacial score (nSPS) is 11.4. The molecule has 9 heavy (non-hydrogen) atoms. The molecule has 0 bridgehead atoms. The van der Waals surface area contributed by atoms with Gasteiger partial charge in [0.2, 0.25) is 5.79 Å². The maximum Gasteiger partial charge on any atom is 0.210 e. The summed E-state index contributed by atoms with van der Waals surface area (Å²) in [5, 5.41) is 8.66. The first-order valence-corrected chi connectivity index (χ1v) is 2.59. The van der Waals surface area contributed by atoms with E-state index in [1.807, 2.05) is 0 Å². The third-order valence-corrected chi connectivity index (χ3v) is 1.22. The summed E-state index contributed by atoms with van der Waals surface area (Å²) in [7, 11) is 2.89. The van der Waals surface area contributed by atoms with Gasteiger partial charge in [0.05, 0.1) is 0 Å². The molecule has 0 aromatic rings. The molecule has 3 nitrogen and oxygen atoms in total. The second-order valence-electron chi connectivity index (χ2n) is 1.58. The topological polar surface area (TPSA) is 38.7 Å². The molecule has 0 saturated carbocycles. The van der Waals surface area contributed by atoms with Gasteiger partial charge in [-0.1, -0.05) is 6.58 Å². The van der Waals surface area contributed by atoms with Crippen LogP contribution in [0.5, 0.6) is 0 Å². The maximum atomic E-state index is 8.66. The quantitative estimate of drug-likeness (QED) is 0.437. The van der Waals surface area contributed by atoms with E-state index in [4.69, 9.17) is 14.6 Å². The molecule has 54 valence electrons. The van der Waals surface area contributed by atoms with Gasteiger partial charge < -0.3 is 14.6 Å². The van der Waals surface area contributed by atoms with Crippen molar-refractivity contribution < 1.29 is 14.6 Å². The van der Waals surface area contributed by atoms with Crippen molar-refractivity contribution in [1.82, 2.24) is 0 Å². The third kappa shape index (κ3) is 1.78. The highest BCUT2D eigenvalue weighted by atomic mass is 16.7. The number of methoxy groups -OCH3 is 2. The van der Waals surface area contributed by atoms with Gasteiger partial charge in [-0.05, 0) is 6.08 Å². The summed E-state index contributed by atoms with van der Waals surface area (Å²) in [6.45, 7) is 3.22. The van der Waals surface area contributed by atoms with Gasteiger partial charge in [0.1, 0.15) is 6.61 Å². The lowest BCUT2D eigenvalue weighted by molar-refractivity contribution is -0.191. The molecular formula is C6H12O3. The van der Waals surface area contributed by atoms with Gasteiger partial charge in [0.25, 0.3) is 0 Å². The second-order valence-corrected chi connectivity index (χ2v) is 1.58. The van der Waals surface area contributed by atoms with Crippen molar-refractivity contribution in [3.05, 3.63) is 12.7 Å². The number of hydrogen-bond donors (Lipinski definition) is 1. The van der Waals surface area contributed by atoms with Crippen molar-refractivity contribution in [3.8, 4) is 0 Å². The Morgan fingerprint density at radius 1 is 1.56 bits per heavy atom. The van der Waals surface area contributed by atoms with E-state index in [9.17, 15) is 0 Å². The summed E-state index contributed by atoms with van der Waals surface area (Å²) in [4.78, 5) is 0. The highest BCUT2D eigenvalue weighted by molar-refractivity contribution is 4.88. The summed E-state index contributed by atoms with van der Waals surface area (Å²) in [6.07, 6.45) is 1.41. The molecule has 0 aromatic carbocycles. The van der Waals surface area contributed by atoms with Gasteiger partial charge in [-0.2, -0.15) is 0 Å². The largest absolute Gasteiger partial charge is 0.390 e. The lowest BCUT2D eigenvalue weighted by Crippen LogP contribution is -2.35. The molecule has 0 aliphatic heterocycles. The minimum absolute atomic E-state index is 0.219. The molecule has 1 N–H and O–H groups in total. The van der Waals surface area contributed by atoms with E-state index >= 15 is 0 Å². The van der Waals surface area contributed by atoms with Crippen molar-refractivity contribution in [2.75, 3.05) is 20.8 Å². The highest BCUT2D eigenvalue weighted by Crippen LogP contribution is 2.09. The molecule has 3 heteroatoms. The number of ether oxygens (including phenoxy) is 2. The average Bonchev–Trinajstić information content (AvgIpc) is 1.95. The molecule has 0 amide bonds. The molecule has 0 spiro atoms. The summed E-state index contributed by atoms with van der Waals surface area (Å²) in [5.74, 6) is -1.01. The number of rotatable bonds is 4. The molecule has 0 aromatic heterocycles. The Kier molecular flexibility index (Phi) is 3.46. The minimum Gasteiger partial charge on any atom is -0.390 e. The molecule has 0 rings (SSSR count). The first kappa shape index (κ1) is 8.62. The predicted molar refractivity (Wildman–Crippen MR) is 34.0 cm³/mol. The van der Waals surface area contributed by atoms with Crippen LogP contribution >= 0.6 is 0 Å². The van der Waals surface area contributed by atoms with E-state index < -0.39 is 5.79 Å². The maximum absolute atomic E-state index is 8.66. The molecule has 0 fully saturated rings. The van der Waals surface area contributed by atoms with Crippen molar-refractivity contribution in [3.63, 3.8) is 0 Å². The fourth-order valence-electron chi connectivity index (χ4n) is 0.444. The Morgan fingerprint density at radius 2 is 2.00 bits per heavy atom. The monoisotopic (exact) mass is 132 g/mol. The number of aliphatic hydroxyl groups is 1. The molecule has 0 aliphatic rings. The van der Waals surface area contributed by atoms with Gasteiger partial charge in [-0.3, -0.25) is 0 Å². The number of hydrogen-bond acceptors (Lipinski definition) is 3. The predicted octanol–water partition coefficient (Wildman–Crippen LogP) is 0.154. The van der Waals surface area contributed by atoms with Crippen LogP contribution in [0.25, 0.3) is 0 Å². The van der Waals surface area contributed by atoms with Crippen LogP contribution < -0.4 is 0 Å². The second kappa shape index (κ2) is 3.61. The molecule has 0 saturated heterocycles. The van der Waals surface area contributed by atoms with Crippen LogP contribution in [0.15, 0.2) is 12.7 Å². The molecular weight excluding hydrogens is 120 g/mol. The molecule has 0 radical (unpaired) electrons. The zero-order valence-corrected chi connectivity index (χ0v) is 5.76. The summed E-state index contributed by atoms with van der Waals surface area (Å²) in [5.41, 5.74) is 0. The summed E-state index contributed by atoms with van der Waals surface area (Å²) in [6, 6.07) is 0.